The minimum atomic E-state index is -0.316. The number of carbonyl (C=O) groups is 1. The molecule has 0 aromatic heterocycles. The van der Waals surface area contributed by atoms with E-state index in [1.165, 1.54) is 0 Å². The first-order valence-corrected chi connectivity index (χ1v) is 6.66. The SMILES string of the molecule is N#Cc1ccccc1NC(=O)COc1ccccc1Br. The summed E-state index contributed by atoms with van der Waals surface area (Å²) in [4.78, 5) is 11.8. The predicted octanol–water partition coefficient (Wildman–Crippen LogP) is 3.34. The maximum atomic E-state index is 11.8. The highest BCUT2D eigenvalue weighted by molar-refractivity contribution is 9.10. The number of hydrogen-bond donors (Lipinski definition) is 1. The molecule has 0 saturated carbocycles. The first-order chi connectivity index (χ1) is 9.70. The summed E-state index contributed by atoms with van der Waals surface area (Å²) >= 11 is 3.34. The van der Waals surface area contributed by atoms with Crippen LogP contribution in [0.4, 0.5) is 5.69 Å². The highest BCUT2D eigenvalue weighted by Gasteiger charge is 2.08. The van der Waals surface area contributed by atoms with Gasteiger partial charge in [0, 0.05) is 0 Å². The lowest BCUT2D eigenvalue weighted by atomic mass is 10.2. The zero-order chi connectivity index (χ0) is 14.4. The second-order valence-electron chi connectivity index (χ2n) is 3.92. The Morgan fingerprint density at radius 3 is 2.65 bits per heavy atom. The Balaban J connectivity index is 1.97. The van der Waals surface area contributed by atoms with Crippen molar-refractivity contribution < 1.29 is 9.53 Å². The van der Waals surface area contributed by atoms with E-state index >= 15 is 0 Å². The number of halogens is 1. The van der Waals surface area contributed by atoms with Crippen molar-refractivity contribution in [3.8, 4) is 11.8 Å². The first-order valence-electron chi connectivity index (χ1n) is 5.87. The van der Waals surface area contributed by atoms with Crippen molar-refractivity contribution in [1.29, 1.82) is 5.26 Å². The topological polar surface area (TPSA) is 62.1 Å². The fourth-order valence-corrected chi connectivity index (χ4v) is 1.98. The van der Waals surface area contributed by atoms with Crippen LogP contribution in [0.25, 0.3) is 0 Å². The summed E-state index contributed by atoms with van der Waals surface area (Å²) in [5.74, 6) is 0.277. The standard InChI is InChI=1S/C15H11BrN2O2/c16-12-6-2-4-8-14(12)20-10-15(19)18-13-7-3-1-5-11(13)9-17/h1-8H,10H2,(H,18,19). The van der Waals surface area contributed by atoms with Crippen molar-refractivity contribution in [1.82, 2.24) is 0 Å². The van der Waals surface area contributed by atoms with Gasteiger partial charge in [-0.3, -0.25) is 4.79 Å². The van der Waals surface area contributed by atoms with Crippen LogP contribution in [0.5, 0.6) is 5.75 Å². The minimum absolute atomic E-state index is 0.123. The molecule has 0 unspecified atom stereocenters. The van der Waals surface area contributed by atoms with Gasteiger partial charge in [0.1, 0.15) is 11.8 Å². The smallest absolute Gasteiger partial charge is 0.262 e. The molecule has 0 aliphatic heterocycles. The molecule has 0 saturated heterocycles. The van der Waals surface area contributed by atoms with Crippen LogP contribution in [-0.4, -0.2) is 12.5 Å². The molecule has 0 fully saturated rings. The van der Waals surface area contributed by atoms with E-state index in [9.17, 15) is 4.79 Å². The van der Waals surface area contributed by atoms with Crippen LogP contribution in [0.1, 0.15) is 5.56 Å². The lowest BCUT2D eigenvalue weighted by Crippen LogP contribution is -2.20. The first kappa shape index (κ1) is 14.1. The molecule has 0 radical (unpaired) electrons. The average molecular weight is 331 g/mol. The van der Waals surface area contributed by atoms with Crippen molar-refractivity contribution in [2.24, 2.45) is 0 Å². The van der Waals surface area contributed by atoms with Gasteiger partial charge in [-0.15, -0.1) is 0 Å². The van der Waals surface area contributed by atoms with E-state index in [4.69, 9.17) is 10.00 Å². The van der Waals surface area contributed by atoms with Gasteiger partial charge in [-0.1, -0.05) is 24.3 Å². The van der Waals surface area contributed by atoms with Gasteiger partial charge in [-0.2, -0.15) is 5.26 Å². The Morgan fingerprint density at radius 2 is 1.90 bits per heavy atom. The van der Waals surface area contributed by atoms with Crippen LogP contribution >= 0.6 is 15.9 Å². The third-order valence-corrected chi connectivity index (χ3v) is 3.17. The highest BCUT2D eigenvalue weighted by atomic mass is 79.9. The van der Waals surface area contributed by atoms with Gasteiger partial charge in [0.25, 0.3) is 5.91 Å². The van der Waals surface area contributed by atoms with Crippen molar-refractivity contribution in [2.45, 2.75) is 0 Å². The predicted molar refractivity (Wildman–Crippen MR) is 79.4 cm³/mol. The van der Waals surface area contributed by atoms with E-state index in [2.05, 4.69) is 21.2 Å². The summed E-state index contributed by atoms with van der Waals surface area (Å²) in [5, 5.41) is 11.6. The van der Waals surface area contributed by atoms with Crippen molar-refractivity contribution in [3.05, 3.63) is 58.6 Å². The molecule has 0 aliphatic carbocycles. The van der Waals surface area contributed by atoms with Crippen molar-refractivity contribution in [2.75, 3.05) is 11.9 Å². The maximum absolute atomic E-state index is 11.8. The Kier molecular flexibility index (Phi) is 4.75. The molecule has 4 nitrogen and oxygen atoms in total. The summed E-state index contributed by atoms with van der Waals surface area (Å²) in [6.45, 7) is -0.123. The van der Waals surface area contributed by atoms with Crippen LogP contribution in [0.15, 0.2) is 53.0 Å². The van der Waals surface area contributed by atoms with Gasteiger partial charge in [0.15, 0.2) is 6.61 Å². The van der Waals surface area contributed by atoms with E-state index in [0.29, 0.717) is 17.0 Å². The Bertz CT molecular complexity index is 665. The zero-order valence-corrected chi connectivity index (χ0v) is 12.1. The van der Waals surface area contributed by atoms with Crippen LogP contribution in [0, 0.1) is 11.3 Å². The molecule has 20 heavy (non-hydrogen) atoms. The number of amides is 1. The van der Waals surface area contributed by atoms with Gasteiger partial charge in [0.05, 0.1) is 15.7 Å². The lowest BCUT2D eigenvalue weighted by Gasteiger charge is -2.09. The van der Waals surface area contributed by atoms with Gasteiger partial charge in [-0.05, 0) is 40.2 Å². The molecule has 0 spiro atoms. The van der Waals surface area contributed by atoms with Crippen LogP contribution in [0.2, 0.25) is 0 Å². The molecule has 1 N–H and O–H groups in total. The van der Waals surface area contributed by atoms with Crippen LogP contribution in [0.3, 0.4) is 0 Å². The minimum Gasteiger partial charge on any atom is -0.483 e. The molecular weight excluding hydrogens is 320 g/mol. The number of hydrogen-bond acceptors (Lipinski definition) is 3. The number of benzene rings is 2. The molecule has 100 valence electrons. The van der Waals surface area contributed by atoms with Gasteiger partial charge < -0.3 is 10.1 Å². The van der Waals surface area contributed by atoms with E-state index in [1.54, 1.807) is 30.3 Å². The largest absolute Gasteiger partial charge is 0.483 e. The highest BCUT2D eigenvalue weighted by Crippen LogP contribution is 2.23. The van der Waals surface area contributed by atoms with Crippen LogP contribution < -0.4 is 10.1 Å². The summed E-state index contributed by atoms with van der Waals surface area (Å²) in [5.41, 5.74) is 0.900. The molecular formula is C15H11BrN2O2. The molecule has 1 amide bonds. The zero-order valence-electron chi connectivity index (χ0n) is 10.5. The van der Waals surface area contributed by atoms with Crippen molar-refractivity contribution >= 4 is 27.5 Å². The van der Waals surface area contributed by atoms with Gasteiger partial charge in [-0.25, -0.2) is 0 Å². The van der Waals surface area contributed by atoms with E-state index in [-0.39, 0.29) is 12.5 Å². The number of carbonyl (C=O) groups excluding carboxylic acids is 1. The van der Waals surface area contributed by atoms with Crippen LogP contribution in [-0.2, 0) is 4.79 Å². The number of nitrogens with zero attached hydrogens (tertiary/aromatic N) is 1. The van der Waals surface area contributed by atoms with Gasteiger partial charge in [0.2, 0.25) is 0 Å². The van der Waals surface area contributed by atoms with Crippen molar-refractivity contribution in [3.63, 3.8) is 0 Å². The normalized spacial score (nSPS) is 9.60. The number of ether oxygens (including phenoxy) is 1. The number of anilines is 1. The molecule has 0 aliphatic rings. The molecule has 5 heteroatoms. The summed E-state index contributed by atoms with van der Waals surface area (Å²) in [7, 11) is 0. The van der Waals surface area contributed by atoms with E-state index < -0.39 is 0 Å². The third-order valence-electron chi connectivity index (χ3n) is 2.52. The number of para-hydroxylation sites is 2. The summed E-state index contributed by atoms with van der Waals surface area (Å²) in [6, 6.07) is 16.1. The number of rotatable bonds is 4. The summed E-state index contributed by atoms with van der Waals surface area (Å²) < 4.78 is 6.19. The number of nitriles is 1. The van der Waals surface area contributed by atoms with Gasteiger partial charge >= 0.3 is 0 Å². The molecule has 2 aromatic carbocycles. The Hall–Kier alpha value is -2.32. The third kappa shape index (κ3) is 3.59. The molecule has 0 atom stereocenters. The molecule has 2 aromatic rings. The quantitative estimate of drug-likeness (QED) is 0.935. The second kappa shape index (κ2) is 6.73. The molecule has 0 bridgehead atoms. The second-order valence-corrected chi connectivity index (χ2v) is 4.78. The number of nitrogens with one attached hydrogen (secondary N) is 1. The van der Waals surface area contributed by atoms with E-state index in [0.717, 1.165) is 4.47 Å². The fraction of sp³-hybridized carbons (Fsp3) is 0.0667. The Labute approximate surface area is 125 Å². The average Bonchev–Trinajstić information content (AvgIpc) is 2.47. The molecule has 2 rings (SSSR count). The molecule has 0 heterocycles. The fourth-order valence-electron chi connectivity index (χ4n) is 1.58. The maximum Gasteiger partial charge on any atom is 0.262 e. The monoisotopic (exact) mass is 330 g/mol. The Morgan fingerprint density at radius 1 is 1.20 bits per heavy atom. The van der Waals surface area contributed by atoms with E-state index in [1.807, 2.05) is 24.3 Å². The summed E-state index contributed by atoms with van der Waals surface area (Å²) in [6.07, 6.45) is 0. The lowest BCUT2D eigenvalue weighted by molar-refractivity contribution is -0.118.